The third-order valence-corrected chi connectivity index (χ3v) is 4.70. The van der Waals surface area contributed by atoms with Gasteiger partial charge >= 0.3 is 36.0 Å². The summed E-state index contributed by atoms with van der Waals surface area (Å²) in [5.41, 5.74) is 0. The Hall–Kier alpha value is -4.72. The minimum atomic E-state index is -1.34. The number of carbonyl (C=O) groups is 8. The summed E-state index contributed by atoms with van der Waals surface area (Å²) in [5, 5.41) is 14.6. The first-order chi connectivity index (χ1) is 21.0. The molecule has 20 nitrogen and oxygen atoms in total. The lowest BCUT2D eigenvalue weighted by Crippen LogP contribution is -2.44. The summed E-state index contributed by atoms with van der Waals surface area (Å²) in [4.78, 5) is 90.4. The van der Waals surface area contributed by atoms with Gasteiger partial charge in [0, 0.05) is 21.0 Å². The summed E-state index contributed by atoms with van der Waals surface area (Å²) in [6.07, 6.45) is -5.71. The second kappa shape index (κ2) is 43.4. The van der Waals surface area contributed by atoms with Gasteiger partial charge in [-0.15, -0.1) is 0 Å². The molecular weight excluding hydrogens is 704 g/mol. The molecule has 0 bridgehead atoms. The quantitative estimate of drug-likeness (QED) is 0.0536. The molecule has 0 heterocycles. The van der Waals surface area contributed by atoms with E-state index in [2.05, 4.69) is 31.9 Å². The molecule has 0 radical (unpaired) electrons. The molecule has 0 aliphatic carbocycles. The van der Waals surface area contributed by atoms with Crippen molar-refractivity contribution in [2.45, 2.75) is 125 Å². The third-order valence-electron chi connectivity index (χ3n) is 4.70. The van der Waals surface area contributed by atoms with Crippen LogP contribution in [0.1, 0.15) is 101 Å². The number of hydrogen-bond acceptors (Lipinski definition) is 15. The zero-order valence-corrected chi connectivity index (χ0v) is 26.6. The van der Waals surface area contributed by atoms with Crippen molar-refractivity contribution in [2.24, 2.45) is 0 Å². The molecule has 0 spiro atoms. The van der Waals surface area contributed by atoms with Crippen LogP contribution in [0.5, 0.6) is 0 Å². The normalized spacial score (nSPS) is 10.6. The van der Waals surface area contributed by atoms with Gasteiger partial charge in [0.15, 0.2) is 24.4 Å². The summed E-state index contributed by atoms with van der Waals surface area (Å²) in [5.74, 6) is -4.10. The van der Waals surface area contributed by atoms with Crippen molar-refractivity contribution in [3.8, 4) is 0 Å². The Morgan fingerprint density at radius 2 is 0.811 bits per heavy atom. The first-order valence-electron chi connectivity index (χ1n) is 13.4. The molecule has 4 unspecified atom stereocenters. The first kappa shape index (κ1) is 73.7. The number of esters is 4. The SMILES string of the molecule is C.C.C.C.C.C.C.C.CNCNC(=O)NCNC(C)=O.COC(C)C(=O)OC(C)C(=O)OCCOC(=O)C(C)OC(=O)C(C)OC(=O)NCNC(C)=O. The Morgan fingerprint density at radius 1 is 0.472 bits per heavy atom. The average molecular weight is 781 g/mol. The molecule has 0 aliphatic heterocycles. The highest BCUT2D eigenvalue weighted by molar-refractivity contribution is 5.83. The Balaban J connectivity index is -0.000000100. The van der Waals surface area contributed by atoms with Gasteiger partial charge in [-0.2, -0.15) is 0 Å². The number of methoxy groups -OCH3 is 1. The van der Waals surface area contributed by atoms with Gasteiger partial charge < -0.3 is 60.3 Å². The Bertz CT molecular complexity index is 1000. The molecule has 0 saturated heterocycles. The van der Waals surface area contributed by atoms with Crippen molar-refractivity contribution in [3.05, 3.63) is 0 Å². The zero-order chi connectivity index (χ0) is 34.9. The second-order valence-electron chi connectivity index (χ2n) is 8.63. The highest BCUT2D eigenvalue weighted by Crippen LogP contribution is 2.03. The number of carbonyl (C=O) groups excluding carboxylic acids is 8. The van der Waals surface area contributed by atoms with Gasteiger partial charge in [-0.25, -0.2) is 28.8 Å². The summed E-state index contributed by atoms with van der Waals surface area (Å²) < 4.78 is 28.8. The highest BCUT2D eigenvalue weighted by atomic mass is 16.6. The fourth-order valence-electron chi connectivity index (χ4n) is 2.22. The molecule has 53 heavy (non-hydrogen) atoms. The number of hydrogen-bond donors (Lipinski definition) is 6. The van der Waals surface area contributed by atoms with Crippen LogP contribution in [0, 0.1) is 0 Å². The van der Waals surface area contributed by atoms with Crippen LogP contribution in [0.4, 0.5) is 9.59 Å². The van der Waals surface area contributed by atoms with Crippen molar-refractivity contribution in [1.29, 1.82) is 0 Å². The lowest BCUT2D eigenvalue weighted by Gasteiger charge is -2.17. The maximum Gasteiger partial charge on any atom is 0.409 e. The van der Waals surface area contributed by atoms with E-state index in [9.17, 15) is 38.4 Å². The average Bonchev–Trinajstić information content (AvgIpc) is 2.97. The van der Waals surface area contributed by atoms with E-state index >= 15 is 0 Å². The van der Waals surface area contributed by atoms with Gasteiger partial charge in [-0.3, -0.25) is 9.59 Å². The molecule has 20 heteroatoms. The van der Waals surface area contributed by atoms with Crippen LogP contribution < -0.4 is 31.9 Å². The number of alkyl carbamates (subject to hydrolysis) is 1. The van der Waals surface area contributed by atoms with Crippen molar-refractivity contribution in [1.82, 2.24) is 31.9 Å². The number of urea groups is 1. The molecule has 0 fully saturated rings. The lowest BCUT2D eigenvalue weighted by atomic mass is 10.3. The zero-order valence-electron chi connectivity index (χ0n) is 26.6. The summed E-state index contributed by atoms with van der Waals surface area (Å²) in [6.45, 7) is 7.50. The molecule has 0 rings (SSSR count). The van der Waals surface area contributed by atoms with Gasteiger partial charge in [-0.1, -0.05) is 59.4 Å². The smallest absolute Gasteiger partial charge is 0.409 e. The molecule has 322 valence electrons. The van der Waals surface area contributed by atoms with Crippen LogP contribution >= 0.6 is 0 Å². The molecular formula is C33H76N6O14. The Morgan fingerprint density at radius 3 is 1.17 bits per heavy atom. The fourth-order valence-corrected chi connectivity index (χ4v) is 2.22. The summed E-state index contributed by atoms with van der Waals surface area (Å²) >= 11 is 0. The van der Waals surface area contributed by atoms with E-state index in [-0.39, 0.29) is 104 Å². The largest absolute Gasteiger partial charge is 0.459 e. The Kier molecular flexibility index (Phi) is 60.4. The van der Waals surface area contributed by atoms with Gasteiger partial charge in [0.25, 0.3) is 0 Å². The molecule has 0 saturated carbocycles. The molecule has 0 aliphatic rings. The minimum Gasteiger partial charge on any atom is -0.459 e. The van der Waals surface area contributed by atoms with E-state index in [0.29, 0.717) is 6.67 Å². The van der Waals surface area contributed by atoms with Crippen LogP contribution in [-0.4, -0.2) is 120 Å². The van der Waals surface area contributed by atoms with Gasteiger partial charge in [0.2, 0.25) is 11.8 Å². The lowest BCUT2D eigenvalue weighted by molar-refractivity contribution is -0.176. The van der Waals surface area contributed by atoms with Crippen molar-refractivity contribution >= 4 is 47.8 Å². The Labute approximate surface area is 319 Å². The van der Waals surface area contributed by atoms with Crippen molar-refractivity contribution in [3.63, 3.8) is 0 Å². The monoisotopic (exact) mass is 781 g/mol. The predicted octanol–water partition coefficient (Wildman–Crippen LogP) is 2.82. The van der Waals surface area contributed by atoms with Crippen molar-refractivity contribution in [2.75, 3.05) is 47.4 Å². The standard InChI is InChI=1S/C19H30N2O12.C6H14N4O2.8CH4/c1-10(28-6)17(25)31-11(2)15(23)29-7-8-30-16(24)12(3)32-18(26)13(4)33-19(27)21-9-20-14(5)22;1-5(11)8-4-10-6(12)9-3-7-2;;;;;;;;/h10-13H,7-9H2,1-6H3,(H,20,22)(H,21,27);7H,3-4H2,1-2H3,(H,8,11)(H2,9,10,12);8*1H4. The van der Waals surface area contributed by atoms with Crippen LogP contribution in [0.25, 0.3) is 0 Å². The van der Waals surface area contributed by atoms with Gasteiger partial charge in [-0.05, 0) is 34.7 Å². The van der Waals surface area contributed by atoms with Crippen LogP contribution in [0.3, 0.4) is 0 Å². The van der Waals surface area contributed by atoms with E-state index in [1.807, 2.05) is 0 Å². The summed E-state index contributed by atoms with van der Waals surface area (Å²) in [7, 11) is 3.02. The summed E-state index contributed by atoms with van der Waals surface area (Å²) in [6, 6.07) is -0.321. The highest BCUT2D eigenvalue weighted by Gasteiger charge is 2.26. The topological polar surface area (TPSA) is 264 Å². The molecule has 6 N–H and O–H groups in total. The van der Waals surface area contributed by atoms with E-state index in [0.717, 1.165) is 0 Å². The van der Waals surface area contributed by atoms with E-state index in [4.69, 9.17) is 28.4 Å². The molecule has 4 atom stereocenters. The number of nitrogens with one attached hydrogen (secondary N) is 6. The predicted molar refractivity (Wildman–Crippen MR) is 205 cm³/mol. The number of rotatable bonds is 17. The van der Waals surface area contributed by atoms with Crippen LogP contribution in [0.2, 0.25) is 0 Å². The molecule has 5 amide bonds. The maximum atomic E-state index is 11.9. The number of amides is 5. The van der Waals surface area contributed by atoms with Gasteiger partial charge in [0.05, 0.1) is 20.0 Å². The molecule has 0 aromatic heterocycles. The van der Waals surface area contributed by atoms with Crippen molar-refractivity contribution < 1.29 is 66.8 Å². The third kappa shape index (κ3) is 41.6. The second-order valence-corrected chi connectivity index (χ2v) is 8.63. The van der Waals surface area contributed by atoms with E-state index < -0.39 is 54.4 Å². The molecule has 0 aromatic carbocycles. The van der Waals surface area contributed by atoms with E-state index in [1.54, 1.807) is 7.05 Å². The van der Waals surface area contributed by atoms with E-state index in [1.165, 1.54) is 48.7 Å². The van der Waals surface area contributed by atoms with Crippen LogP contribution in [0.15, 0.2) is 0 Å². The minimum absolute atomic E-state index is 0. The maximum absolute atomic E-state index is 11.9. The first-order valence-corrected chi connectivity index (χ1v) is 13.4. The fraction of sp³-hybridized carbons (Fsp3) is 0.758. The number of ether oxygens (including phenoxy) is 6. The molecule has 0 aromatic rings. The van der Waals surface area contributed by atoms with Crippen LogP contribution in [-0.2, 0) is 57.2 Å². The van der Waals surface area contributed by atoms with Gasteiger partial charge in [0.1, 0.15) is 13.2 Å².